The molecule has 1 aromatic heterocycles. The van der Waals surface area contributed by atoms with E-state index in [1.165, 1.54) is 12.8 Å². The molecule has 2 bridgehead atoms. The summed E-state index contributed by atoms with van der Waals surface area (Å²) in [5.41, 5.74) is 3.20. The average molecular weight is 605 g/mol. The minimum absolute atomic E-state index is 0. The summed E-state index contributed by atoms with van der Waals surface area (Å²) >= 11 is 0. The van der Waals surface area contributed by atoms with E-state index in [9.17, 15) is 9.59 Å². The highest BCUT2D eigenvalue weighted by Crippen LogP contribution is 2.30. The molecule has 1 saturated carbocycles. The molecule has 2 N–H and O–H groups in total. The molecule has 3 heterocycles. The van der Waals surface area contributed by atoms with Gasteiger partial charge in [0.05, 0.1) is 6.54 Å². The van der Waals surface area contributed by atoms with Gasteiger partial charge in [0.2, 0.25) is 11.8 Å². The van der Waals surface area contributed by atoms with Gasteiger partial charge in [-0.3, -0.25) is 14.6 Å². The summed E-state index contributed by atoms with van der Waals surface area (Å²) in [4.78, 5) is 34.2. The van der Waals surface area contributed by atoms with Crippen molar-refractivity contribution in [1.29, 1.82) is 0 Å². The number of nitrogens with one attached hydrogen (secondary N) is 2. The van der Waals surface area contributed by atoms with E-state index in [0.29, 0.717) is 38.6 Å². The zero-order valence-corrected chi connectivity index (χ0v) is 25.4. The average Bonchev–Trinajstić information content (AvgIpc) is 3.79. The maximum atomic E-state index is 13.1. The van der Waals surface area contributed by atoms with Crippen molar-refractivity contribution in [1.82, 2.24) is 20.5 Å². The molecule has 1 aliphatic carbocycles. The van der Waals surface area contributed by atoms with Gasteiger partial charge in [-0.25, -0.2) is 0 Å². The number of carbonyl (C=O) groups is 2. The highest BCUT2D eigenvalue weighted by atomic mass is 35.5. The molecule has 5 rings (SSSR count). The van der Waals surface area contributed by atoms with Crippen molar-refractivity contribution in [3.63, 3.8) is 0 Å². The third-order valence-corrected chi connectivity index (χ3v) is 8.12. The number of fused-ring (bicyclic) bond motifs is 3. The number of hydrogen-bond acceptors (Lipinski definition) is 6. The summed E-state index contributed by atoms with van der Waals surface area (Å²) < 4.78 is 6.18. The molecule has 2 amide bonds. The first kappa shape index (κ1) is 32.7. The lowest BCUT2D eigenvalue weighted by molar-refractivity contribution is -0.132. The number of amides is 2. The number of aromatic nitrogens is 1. The summed E-state index contributed by atoms with van der Waals surface area (Å²) in [6, 6.07) is 12.2. The highest BCUT2D eigenvalue weighted by molar-refractivity contribution is 5.85. The van der Waals surface area contributed by atoms with Crippen molar-refractivity contribution in [2.45, 2.75) is 38.6 Å². The molecule has 0 unspecified atom stereocenters. The Balaban J connectivity index is 0.00000231. The van der Waals surface area contributed by atoms with Gasteiger partial charge in [-0.2, -0.15) is 0 Å². The molecule has 8 nitrogen and oxygen atoms in total. The van der Waals surface area contributed by atoms with Crippen LogP contribution in [0.25, 0.3) is 0 Å². The van der Waals surface area contributed by atoms with E-state index in [0.717, 1.165) is 48.6 Å². The second-order valence-corrected chi connectivity index (χ2v) is 11.1. The van der Waals surface area contributed by atoms with Crippen molar-refractivity contribution in [2.75, 3.05) is 51.3 Å². The predicted molar refractivity (Wildman–Crippen MR) is 167 cm³/mol. The van der Waals surface area contributed by atoms with Crippen molar-refractivity contribution in [3.8, 4) is 5.75 Å². The van der Waals surface area contributed by atoms with E-state index in [-0.39, 0.29) is 55.0 Å². The quantitative estimate of drug-likeness (QED) is 0.443. The number of rotatable bonds is 8. The summed E-state index contributed by atoms with van der Waals surface area (Å²) in [7, 11) is 2.08. The Morgan fingerprint density at radius 3 is 2.80 bits per heavy atom. The molecule has 0 spiro atoms. The lowest BCUT2D eigenvalue weighted by Crippen LogP contribution is -2.47. The van der Waals surface area contributed by atoms with E-state index in [2.05, 4.69) is 51.8 Å². The van der Waals surface area contributed by atoms with Crippen LogP contribution in [-0.2, 0) is 22.6 Å². The summed E-state index contributed by atoms with van der Waals surface area (Å²) in [5, 5.41) is 6.46. The number of likely N-dealkylation sites (N-methyl/N-ethyl adjacent to an activating group) is 1. The van der Waals surface area contributed by atoms with Crippen LogP contribution < -0.4 is 20.3 Å². The molecular formula is C31H43Cl2N5O3. The van der Waals surface area contributed by atoms with Gasteiger partial charge in [0, 0.05) is 75.8 Å². The molecule has 1 aromatic carbocycles. The van der Waals surface area contributed by atoms with Crippen LogP contribution in [0.4, 0.5) is 5.69 Å². The topological polar surface area (TPSA) is 86.8 Å². The Morgan fingerprint density at radius 2 is 2.02 bits per heavy atom. The molecule has 2 atom stereocenters. The van der Waals surface area contributed by atoms with Gasteiger partial charge in [-0.15, -0.1) is 24.8 Å². The molecule has 10 heteroatoms. The normalized spacial score (nSPS) is 21.3. The summed E-state index contributed by atoms with van der Waals surface area (Å²) in [6.07, 6.45) is 10.7. The number of anilines is 1. The number of halogens is 2. The van der Waals surface area contributed by atoms with Crippen LogP contribution in [0.3, 0.4) is 0 Å². The van der Waals surface area contributed by atoms with Gasteiger partial charge < -0.3 is 25.2 Å². The van der Waals surface area contributed by atoms with E-state index in [1.807, 2.05) is 35.4 Å². The number of hydrogen-bond donors (Lipinski definition) is 2. The molecule has 3 aliphatic rings. The van der Waals surface area contributed by atoms with E-state index < -0.39 is 0 Å². The Morgan fingerprint density at radius 1 is 1.17 bits per heavy atom. The SMILES string of the molecule is CN(CCc1ccccn1)c1ccc2c(c1)CNCC(=O)N1CC[C@@H](CC(=O)NCC3CC3)[C@@H](/C=C/CO2)C1.Cl.Cl. The number of piperidine rings is 1. The molecular weight excluding hydrogens is 561 g/mol. The van der Waals surface area contributed by atoms with Gasteiger partial charge in [0.25, 0.3) is 0 Å². The van der Waals surface area contributed by atoms with Crippen LogP contribution in [0.5, 0.6) is 5.75 Å². The Hall–Kier alpha value is -2.81. The minimum Gasteiger partial charge on any atom is -0.489 e. The fraction of sp³-hybridized carbons (Fsp3) is 0.516. The van der Waals surface area contributed by atoms with Crippen LogP contribution in [0, 0.1) is 17.8 Å². The minimum atomic E-state index is 0. The first-order valence-electron chi connectivity index (χ1n) is 14.3. The van der Waals surface area contributed by atoms with E-state index in [1.54, 1.807) is 0 Å². The zero-order valence-electron chi connectivity index (χ0n) is 23.8. The van der Waals surface area contributed by atoms with Crippen LogP contribution in [-0.4, -0.2) is 68.1 Å². The monoisotopic (exact) mass is 603 g/mol. The maximum Gasteiger partial charge on any atom is 0.236 e. The summed E-state index contributed by atoms with van der Waals surface area (Å²) in [6.45, 7) is 4.28. The smallest absolute Gasteiger partial charge is 0.236 e. The van der Waals surface area contributed by atoms with Crippen LogP contribution in [0.15, 0.2) is 54.7 Å². The molecule has 1 saturated heterocycles. The number of ether oxygens (including phenoxy) is 1. The Bertz CT molecular complexity index is 1160. The van der Waals surface area contributed by atoms with E-state index >= 15 is 0 Å². The first-order valence-corrected chi connectivity index (χ1v) is 14.3. The number of pyridine rings is 1. The van der Waals surface area contributed by atoms with Crippen molar-refractivity contribution in [3.05, 3.63) is 66.0 Å². The number of carbonyl (C=O) groups excluding carboxylic acids is 2. The standard InChI is InChI=1S/C31H41N5O3.2ClH/c1-35(14-12-27-6-2-3-13-33-27)28-9-10-29-26(17-28)20-32-21-31(38)36-15-11-24(25(22-36)5-4-16-39-29)18-30(37)34-19-23-7-8-23;;/h2-6,9-10,13,17,23-25,32H,7-8,11-12,14-16,18-22H2,1H3,(H,34,37);2*1H/b5-4+;;/t24-,25-;;/m0../s1. The molecule has 2 fully saturated rings. The van der Waals surface area contributed by atoms with Gasteiger partial charge in [0.15, 0.2) is 0 Å². The predicted octanol–water partition coefficient (Wildman–Crippen LogP) is 4.02. The van der Waals surface area contributed by atoms with Crippen LogP contribution in [0.2, 0.25) is 0 Å². The second kappa shape index (κ2) is 16.0. The lowest BCUT2D eigenvalue weighted by atomic mass is 9.82. The highest BCUT2D eigenvalue weighted by Gasteiger charge is 2.32. The van der Waals surface area contributed by atoms with Crippen molar-refractivity contribution >= 4 is 42.3 Å². The van der Waals surface area contributed by atoms with Crippen LogP contribution >= 0.6 is 24.8 Å². The summed E-state index contributed by atoms with van der Waals surface area (Å²) in [5.74, 6) is 2.12. The first-order chi connectivity index (χ1) is 19.0. The molecule has 0 radical (unpaired) electrons. The van der Waals surface area contributed by atoms with Gasteiger partial charge in [-0.1, -0.05) is 18.2 Å². The van der Waals surface area contributed by atoms with Gasteiger partial charge in [0.1, 0.15) is 12.4 Å². The largest absolute Gasteiger partial charge is 0.489 e. The third-order valence-electron chi connectivity index (χ3n) is 8.12. The molecule has 41 heavy (non-hydrogen) atoms. The third kappa shape index (κ3) is 9.62. The van der Waals surface area contributed by atoms with Gasteiger partial charge in [-0.05, 0) is 67.3 Å². The molecule has 2 aliphatic heterocycles. The lowest BCUT2D eigenvalue weighted by Gasteiger charge is -2.37. The number of benzene rings is 1. The van der Waals surface area contributed by atoms with E-state index in [4.69, 9.17) is 4.74 Å². The Kier molecular flexibility index (Phi) is 12.8. The fourth-order valence-corrected chi connectivity index (χ4v) is 5.44. The second-order valence-electron chi connectivity index (χ2n) is 11.1. The number of nitrogens with zero attached hydrogens (tertiary/aromatic N) is 3. The van der Waals surface area contributed by atoms with Crippen molar-refractivity contribution < 1.29 is 14.3 Å². The molecule has 224 valence electrons. The maximum absolute atomic E-state index is 13.1. The molecule has 2 aromatic rings. The Labute approximate surface area is 256 Å². The van der Waals surface area contributed by atoms with Crippen LogP contribution in [0.1, 0.15) is 36.9 Å². The fourth-order valence-electron chi connectivity index (χ4n) is 5.44. The zero-order chi connectivity index (χ0) is 27.0. The van der Waals surface area contributed by atoms with Gasteiger partial charge >= 0.3 is 0 Å². The van der Waals surface area contributed by atoms with Crippen molar-refractivity contribution in [2.24, 2.45) is 17.8 Å².